The summed E-state index contributed by atoms with van der Waals surface area (Å²) < 4.78 is 24.8. The fraction of sp³-hybridized carbons (Fsp3) is 0.385. The van der Waals surface area contributed by atoms with Gasteiger partial charge in [0.05, 0.1) is 23.1 Å². The van der Waals surface area contributed by atoms with Crippen molar-refractivity contribution < 1.29 is 8.42 Å². The minimum atomic E-state index is -3.02. The molecule has 3 rings (SSSR count). The van der Waals surface area contributed by atoms with Gasteiger partial charge >= 0.3 is 0 Å². The summed E-state index contributed by atoms with van der Waals surface area (Å²) >= 11 is 0. The minimum Gasteiger partial charge on any atom is -0.384 e. The van der Waals surface area contributed by atoms with Gasteiger partial charge in [-0.2, -0.15) is 5.10 Å². The van der Waals surface area contributed by atoms with Crippen molar-refractivity contribution in [1.29, 1.82) is 0 Å². The van der Waals surface area contributed by atoms with Gasteiger partial charge in [0, 0.05) is 24.0 Å². The SMILES string of the molecule is Cc1c(-c2c[nH]ccc2=O)nn(C2CCS(=O)(=O)C2)c1N. The molecule has 2 aromatic rings. The van der Waals surface area contributed by atoms with Crippen molar-refractivity contribution in [2.45, 2.75) is 19.4 Å². The fourth-order valence-electron chi connectivity index (χ4n) is 2.63. The van der Waals surface area contributed by atoms with Gasteiger partial charge in [-0.15, -0.1) is 0 Å². The average molecular weight is 308 g/mol. The maximum absolute atomic E-state index is 11.9. The smallest absolute Gasteiger partial charge is 0.191 e. The summed E-state index contributed by atoms with van der Waals surface area (Å²) in [5, 5.41) is 4.40. The number of rotatable bonds is 2. The summed E-state index contributed by atoms with van der Waals surface area (Å²) in [6.45, 7) is 1.78. The second-order valence-corrected chi connectivity index (χ2v) is 7.51. The van der Waals surface area contributed by atoms with E-state index in [2.05, 4.69) is 10.1 Å². The van der Waals surface area contributed by atoms with E-state index >= 15 is 0 Å². The van der Waals surface area contributed by atoms with Crippen molar-refractivity contribution in [3.05, 3.63) is 34.2 Å². The topological polar surface area (TPSA) is 111 Å². The first-order valence-electron chi connectivity index (χ1n) is 6.61. The third kappa shape index (κ3) is 2.35. The molecule has 1 atom stereocenters. The van der Waals surface area contributed by atoms with Gasteiger partial charge in [-0.1, -0.05) is 0 Å². The lowest BCUT2D eigenvalue weighted by Gasteiger charge is -2.10. The lowest BCUT2D eigenvalue weighted by Crippen LogP contribution is -2.15. The number of hydrogen-bond acceptors (Lipinski definition) is 5. The van der Waals surface area contributed by atoms with Gasteiger partial charge in [-0.25, -0.2) is 13.1 Å². The fourth-order valence-corrected chi connectivity index (χ4v) is 4.33. The lowest BCUT2D eigenvalue weighted by molar-refractivity contribution is 0.508. The molecule has 1 saturated heterocycles. The van der Waals surface area contributed by atoms with Gasteiger partial charge in [0.1, 0.15) is 11.5 Å². The summed E-state index contributed by atoms with van der Waals surface area (Å²) in [6.07, 6.45) is 3.62. The molecular weight excluding hydrogens is 292 g/mol. The maximum atomic E-state index is 11.9. The lowest BCUT2D eigenvalue weighted by atomic mass is 10.1. The van der Waals surface area contributed by atoms with E-state index in [4.69, 9.17) is 5.73 Å². The standard InChI is InChI=1S/C13H16N4O3S/c1-8-12(10-6-15-4-2-11(10)18)16-17(13(8)14)9-3-5-21(19,20)7-9/h2,4,6,9H,3,5,7,14H2,1H3,(H,15,18). The molecule has 2 aromatic heterocycles. The Morgan fingerprint density at radius 3 is 2.86 bits per heavy atom. The van der Waals surface area contributed by atoms with Crippen molar-refractivity contribution in [2.24, 2.45) is 0 Å². The first kappa shape index (κ1) is 13.9. The number of nitrogens with two attached hydrogens (primary N) is 1. The highest BCUT2D eigenvalue weighted by molar-refractivity contribution is 7.91. The number of anilines is 1. The molecule has 1 aliphatic rings. The summed E-state index contributed by atoms with van der Waals surface area (Å²) in [5.41, 5.74) is 7.52. The molecule has 1 unspecified atom stereocenters. The van der Waals surface area contributed by atoms with E-state index in [9.17, 15) is 13.2 Å². The molecule has 0 spiro atoms. The Morgan fingerprint density at radius 2 is 2.24 bits per heavy atom. The Kier molecular flexibility index (Phi) is 3.12. The van der Waals surface area contributed by atoms with Gasteiger partial charge in [0.15, 0.2) is 15.3 Å². The van der Waals surface area contributed by atoms with Crippen LogP contribution in [-0.4, -0.2) is 34.7 Å². The molecule has 0 saturated carbocycles. The monoisotopic (exact) mass is 308 g/mol. The van der Waals surface area contributed by atoms with E-state index in [1.807, 2.05) is 0 Å². The molecule has 1 fully saturated rings. The molecule has 0 aromatic carbocycles. The number of aromatic amines is 1. The summed E-state index contributed by atoms with van der Waals surface area (Å²) in [5.74, 6) is 0.607. The normalized spacial score (nSPS) is 20.7. The van der Waals surface area contributed by atoms with E-state index in [0.717, 1.165) is 0 Å². The number of sulfone groups is 1. The second-order valence-electron chi connectivity index (χ2n) is 5.28. The van der Waals surface area contributed by atoms with Crippen LogP contribution < -0.4 is 11.2 Å². The first-order valence-corrected chi connectivity index (χ1v) is 8.43. The largest absolute Gasteiger partial charge is 0.384 e. The minimum absolute atomic E-state index is 0.0446. The molecule has 0 radical (unpaired) electrons. The van der Waals surface area contributed by atoms with Crippen molar-refractivity contribution in [3.8, 4) is 11.3 Å². The Bertz CT molecular complexity index is 851. The molecule has 112 valence electrons. The van der Waals surface area contributed by atoms with Crippen molar-refractivity contribution >= 4 is 15.7 Å². The molecule has 21 heavy (non-hydrogen) atoms. The zero-order valence-electron chi connectivity index (χ0n) is 11.5. The number of nitrogens with one attached hydrogen (secondary N) is 1. The second kappa shape index (κ2) is 4.73. The molecule has 0 aliphatic carbocycles. The summed E-state index contributed by atoms with van der Waals surface area (Å²) in [7, 11) is -3.02. The van der Waals surface area contributed by atoms with Crippen LogP contribution in [0.2, 0.25) is 0 Å². The van der Waals surface area contributed by atoms with Gasteiger partial charge in [-0.3, -0.25) is 4.79 Å². The highest BCUT2D eigenvalue weighted by Gasteiger charge is 2.32. The molecule has 1 aliphatic heterocycles. The van der Waals surface area contributed by atoms with Crippen LogP contribution in [0.1, 0.15) is 18.0 Å². The van der Waals surface area contributed by atoms with Crippen molar-refractivity contribution in [2.75, 3.05) is 17.2 Å². The van der Waals surface area contributed by atoms with E-state index < -0.39 is 9.84 Å². The third-order valence-electron chi connectivity index (χ3n) is 3.83. The quantitative estimate of drug-likeness (QED) is 0.838. The van der Waals surface area contributed by atoms with Crippen LogP contribution in [0.25, 0.3) is 11.3 Å². The van der Waals surface area contributed by atoms with Crippen LogP contribution in [0.15, 0.2) is 23.3 Å². The predicted molar refractivity (Wildman–Crippen MR) is 79.7 cm³/mol. The highest BCUT2D eigenvalue weighted by Crippen LogP contribution is 2.31. The molecule has 0 bridgehead atoms. The predicted octanol–water partition coefficient (Wildman–Crippen LogP) is 0.489. The van der Waals surface area contributed by atoms with E-state index in [1.165, 1.54) is 6.07 Å². The molecule has 8 heteroatoms. The van der Waals surface area contributed by atoms with Crippen molar-refractivity contribution in [1.82, 2.24) is 14.8 Å². The highest BCUT2D eigenvalue weighted by atomic mass is 32.2. The average Bonchev–Trinajstić information content (AvgIpc) is 2.93. The zero-order valence-corrected chi connectivity index (χ0v) is 12.4. The van der Waals surface area contributed by atoms with Crippen molar-refractivity contribution in [3.63, 3.8) is 0 Å². The van der Waals surface area contributed by atoms with E-state index in [0.29, 0.717) is 29.1 Å². The van der Waals surface area contributed by atoms with Gasteiger partial charge in [0.25, 0.3) is 0 Å². The Hall–Kier alpha value is -2.09. The number of aromatic nitrogens is 3. The molecular formula is C13H16N4O3S. The molecule has 7 nitrogen and oxygen atoms in total. The summed E-state index contributed by atoms with van der Waals surface area (Å²) in [6, 6.07) is 1.16. The van der Waals surface area contributed by atoms with Crippen LogP contribution in [0.4, 0.5) is 5.82 Å². The number of nitrogen functional groups attached to an aromatic ring is 1. The van der Waals surface area contributed by atoms with Gasteiger partial charge in [-0.05, 0) is 13.3 Å². The van der Waals surface area contributed by atoms with E-state index in [1.54, 1.807) is 24.0 Å². The summed E-state index contributed by atoms with van der Waals surface area (Å²) in [4.78, 5) is 14.8. The van der Waals surface area contributed by atoms with Gasteiger partial charge in [0.2, 0.25) is 0 Å². The number of pyridine rings is 1. The molecule has 0 amide bonds. The Balaban J connectivity index is 2.09. The maximum Gasteiger partial charge on any atom is 0.191 e. The Morgan fingerprint density at radius 1 is 1.48 bits per heavy atom. The van der Waals surface area contributed by atoms with Crippen LogP contribution in [-0.2, 0) is 9.84 Å². The van der Waals surface area contributed by atoms with Crippen LogP contribution in [0.5, 0.6) is 0 Å². The van der Waals surface area contributed by atoms with Gasteiger partial charge < -0.3 is 10.7 Å². The third-order valence-corrected chi connectivity index (χ3v) is 5.58. The molecule has 3 N–H and O–H groups in total. The van der Waals surface area contributed by atoms with Crippen LogP contribution in [0, 0.1) is 6.92 Å². The number of hydrogen-bond donors (Lipinski definition) is 2. The molecule has 3 heterocycles. The zero-order chi connectivity index (χ0) is 15.2. The van der Waals surface area contributed by atoms with Crippen LogP contribution in [0.3, 0.4) is 0 Å². The number of nitrogens with zero attached hydrogens (tertiary/aromatic N) is 2. The Labute approximate surface area is 121 Å². The number of H-pyrrole nitrogens is 1. The van der Waals surface area contributed by atoms with Crippen LogP contribution >= 0.6 is 0 Å². The van der Waals surface area contributed by atoms with E-state index in [-0.39, 0.29) is 23.0 Å². The first-order chi connectivity index (χ1) is 9.89.